The van der Waals surface area contributed by atoms with Crippen molar-refractivity contribution >= 4 is 11.6 Å². The molecule has 0 aliphatic carbocycles. The number of hydrogen-bond donors (Lipinski definition) is 1. The fourth-order valence-electron chi connectivity index (χ4n) is 1.27. The van der Waals surface area contributed by atoms with Crippen LogP contribution in [0, 0.1) is 6.42 Å². The number of aromatic nitrogens is 2. The van der Waals surface area contributed by atoms with Gasteiger partial charge in [0, 0.05) is 17.6 Å². The number of H-pyrrole nitrogens is 1. The third-order valence-electron chi connectivity index (χ3n) is 1.96. The highest BCUT2D eigenvalue weighted by atomic mass is 35.5. The standard InChI is InChI=1S/C11H10ClN2/c12-10-3-1-2-9(6-10)4-5-11-7-13-8-14-11/h1-3,5-8H,4H2,(H,13,14). The van der Waals surface area contributed by atoms with Crippen molar-refractivity contribution in [1.29, 1.82) is 0 Å². The molecule has 1 aromatic carbocycles. The van der Waals surface area contributed by atoms with Gasteiger partial charge in [0.1, 0.15) is 0 Å². The molecule has 2 rings (SSSR count). The Bertz CT molecular complexity index is 395. The number of nitrogens with one attached hydrogen (secondary N) is 1. The summed E-state index contributed by atoms with van der Waals surface area (Å²) in [6.07, 6.45) is 6.45. The average Bonchev–Trinajstić information content (AvgIpc) is 2.67. The topological polar surface area (TPSA) is 28.7 Å². The van der Waals surface area contributed by atoms with Crippen molar-refractivity contribution in [3.63, 3.8) is 0 Å². The quantitative estimate of drug-likeness (QED) is 0.820. The second-order valence-corrected chi connectivity index (χ2v) is 3.47. The molecule has 0 aliphatic heterocycles. The van der Waals surface area contributed by atoms with Crippen LogP contribution >= 0.6 is 11.6 Å². The molecule has 2 aromatic rings. The summed E-state index contributed by atoms with van der Waals surface area (Å²) < 4.78 is 0. The van der Waals surface area contributed by atoms with E-state index in [0.717, 1.165) is 17.1 Å². The lowest BCUT2D eigenvalue weighted by Crippen LogP contribution is -1.88. The molecular formula is C11H10ClN2. The molecule has 0 saturated carbocycles. The Balaban J connectivity index is 1.98. The predicted octanol–water partition coefficient (Wildman–Crippen LogP) is 2.86. The van der Waals surface area contributed by atoms with E-state index in [4.69, 9.17) is 11.6 Å². The first kappa shape index (κ1) is 9.28. The van der Waals surface area contributed by atoms with Crippen molar-refractivity contribution in [3.8, 4) is 0 Å². The summed E-state index contributed by atoms with van der Waals surface area (Å²) in [5.74, 6) is 0. The number of imidazole rings is 1. The van der Waals surface area contributed by atoms with E-state index < -0.39 is 0 Å². The van der Waals surface area contributed by atoms with E-state index in [1.807, 2.05) is 24.4 Å². The third kappa shape index (κ3) is 2.36. The molecule has 0 aliphatic rings. The van der Waals surface area contributed by atoms with Crippen LogP contribution in [0.15, 0.2) is 36.8 Å². The summed E-state index contributed by atoms with van der Waals surface area (Å²) in [4.78, 5) is 7.02. The Morgan fingerprint density at radius 3 is 3.07 bits per heavy atom. The van der Waals surface area contributed by atoms with Crippen molar-refractivity contribution in [3.05, 3.63) is 59.5 Å². The third-order valence-corrected chi connectivity index (χ3v) is 2.19. The number of aromatic amines is 1. The van der Waals surface area contributed by atoms with Gasteiger partial charge in [-0.05, 0) is 24.1 Å². The highest BCUT2D eigenvalue weighted by Crippen LogP contribution is 2.13. The van der Waals surface area contributed by atoms with E-state index in [9.17, 15) is 0 Å². The Labute approximate surface area is 88.0 Å². The van der Waals surface area contributed by atoms with Crippen molar-refractivity contribution in [1.82, 2.24) is 9.97 Å². The van der Waals surface area contributed by atoms with Gasteiger partial charge in [-0.25, -0.2) is 4.98 Å². The first-order chi connectivity index (χ1) is 6.84. The molecule has 1 heterocycles. The molecule has 0 atom stereocenters. The minimum absolute atomic E-state index is 0.776. The van der Waals surface area contributed by atoms with Crippen LogP contribution in [-0.2, 0) is 6.42 Å². The van der Waals surface area contributed by atoms with Crippen LogP contribution in [0.25, 0.3) is 0 Å². The highest BCUT2D eigenvalue weighted by molar-refractivity contribution is 6.30. The molecule has 71 valence electrons. The van der Waals surface area contributed by atoms with Crippen LogP contribution in [0.5, 0.6) is 0 Å². The van der Waals surface area contributed by atoms with E-state index >= 15 is 0 Å². The summed E-state index contributed by atoms with van der Waals surface area (Å²) in [5, 5.41) is 0.776. The molecule has 0 fully saturated rings. The van der Waals surface area contributed by atoms with Gasteiger partial charge in [0.25, 0.3) is 0 Å². The predicted molar refractivity (Wildman–Crippen MR) is 57.1 cm³/mol. The van der Waals surface area contributed by atoms with Crippen molar-refractivity contribution in [2.75, 3.05) is 0 Å². The zero-order chi connectivity index (χ0) is 9.80. The van der Waals surface area contributed by atoms with Crippen LogP contribution in [0.1, 0.15) is 11.3 Å². The number of rotatable bonds is 3. The van der Waals surface area contributed by atoms with Gasteiger partial charge in [0.2, 0.25) is 0 Å². The molecule has 0 spiro atoms. The van der Waals surface area contributed by atoms with Crippen LogP contribution in [0.3, 0.4) is 0 Å². The number of halogens is 1. The summed E-state index contributed by atoms with van der Waals surface area (Å²) in [7, 11) is 0. The zero-order valence-electron chi connectivity index (χ0n) is 7.57. The summed E-state index contributed by atoms with van der Waals surface area (Å²) >= 11 is 5.87. The molecule has 14 heavy (non-hydrogen) atoms. The van der Waals surface area contributed by atoms with Crippen LogP contribution < -0.4 is 0 Å². The number of hydrogen-bond acceptors (Lipinski definition) is 1. The van der Waals surface area contributed by atoms with Crippen LogP contribution in [0.4, 0.5) is 0 Å². The van der Waals surface area contributed by atoms with Gasteiger partial charge in [-0.1, -0.05) is 23.7 Å². The van der Waals surface area contributed by atoms with E-state index in [0.29, 0.717) is 0 Å². The SMILES string of the molecule is Clc1cccc(C[CH]c2c[nH]cn2)c1. The van der Waals surface area contributed by atoms with Gasteiger partial charge in [-0.15, -0.1) is 0 Å². The minimum Gasteiger partial charge on any atom is -0.351 e. The largest absolute Gasteiger partial charge is 0.351 e. The van der Waals surface area contributed by atoms with Crippen LogP contribution in [-0.4, -0.2) is 9.97 Å². The van der Waals surface area contributed by atoms with Crippen molar-refractivity contribution < 1.29 is 0 Å². The molecule has 0 saturated heterocycles. The van der Waals surface area contributed by atoms with Gasteiger partial charge in [0.05, 0.1) is 12.0 Å². The lowest BCUT2D eigenvalue weighted by molar-refractivity contribution is 1.12. The molecule has 3 heteroatoms. The highest BCUT2D eigenvalue weighted by Gasteiger charge is 1.97. The second-order valence-electron chi connectivity index (χ2n) is 3.03. The minimum atomic E-state index is 0.776. The Hall–Kier alpha value is -1.28. The summed E-state index contributed by atoms with van der Waals surface area (Å²) in [6.45, 7) is 0. The first-order valence-electron chi connectivity index (χ1n) is 4.41. The fraction of sp³-hybridized carbons (Fsp3) is 0.0909. The van der Waals surface area contributed by atoms with E-state index in [-0.39, 0.29) is 0 Å². The molecule has 1 N–H and O–H groups in total. The molecule has 0 amide bonds. The maximum atomic E-state index is 5.87. The fourth-order valence-corrected chi connectivity index (χ4v) is 1.48. The van der Waals surface area contributed by atoms with Gasteiger partial charge in [-0.3, -0.25) is 0 Å². The zero-order valence-corrected chi connectivity index (χ0v) is 8.33. The summed E-state index contributed by atoms with van der Waals surface area (Å²) in [5.41, 5.74) is 2.16. The maximum Gasteiger partial charge on any atom is 0.0923 e. The van der Waals surface area contributed by atoms with Gasteiger partial charge < -0.3 is 4.98 Å². The Morgan fingerprint density at radius 1 is 1.43 bits per heavy atom. The lowest BCUT2D eigenvalue weighted by atomic mass is 10.1. The average molecular weight is 206 g/mol. The molecule has 1 radical (unpaired) electrons. The molecular weight excluding hydrogens is 196 g/mol. The maximum absolute atomic E-state index is 5.87. The normalized spacial score (nSPS) is 10.4. The van der Waals surface area contributed by atoms with Gasteiger partial charge in [-0.2, -0.15) is 0 Å². The smallest absolute Gasteiger partial charge is 0.0923 e. The molecule has 2 nitrogen and oxygen atoms in total. The number of benzene rings is 1. The molecule has 0 bridgehead atoms. The van der Waals surface area contributed by atoms with Crippen LogP contribution in [0.2, 0.25) is 5.02 Å². The van der Waals surface area contributed by atoms with E-state index in [2.05, 4.69) is 22.5 Å². The second kappa shape index (κ2) is 4.29. The summed E-state index contributed by atoms with van der Waals surface area (Å²) in [6, 6.07) is 7.84. The van der Waals surface area contributed by atoms with Crippen molar-refractivity contribution in [2.45, 2.75) is 6.42 Å². The van der Waals surface area contributed by atoms with Gasteiger partial charge >= 0.3 is 0 Å². The van der Waals surface area contributed by atoms with Gasteiger partial charge in [0.15, 0.2) is 0 Å². The molecule has 1 aromatic heterocycles. The van der Waals surface area contributed by atoms with Crippen molar-refractivity contribution in [2.24, 2.45) is 0 Å². The Kier molecular flexibility index (Phi) is 2.84. The first-order valence-corrected chi connectivity index (χ1v) is 4.79. The Morgan fingerprint density at radius 2 is 2.36 bits per heavy atom. The molecule has 0 unspecified atom stereocenters. The lowest BCUT2D eigenvalue weighted by Gasteiger charge is -1.99. The van der Waals surface area contributed by atoms with E-state index in [1.165, 1.54) is 5.56 Å². The van der Waals surface area contributed by atoms with E-state index in [1.54, 1.807) is 6.33 Å². The number of nitrogens with zero attached hydrogens (tertiary/aromatic N) is 1. The monoisotopic (exact) mass is 205 g/mol.